The first kappa shape index (κ1) is 42.1. The molecular formula is C36H36F10O6. The first-order valence-corrected chi connectivity index (χ1v) is 16.1. The van der Waals surface area contributed by atoms with E-state index in [-0.39, 0.29) is 24.0 Å². The molecule has 0 spiro atoms. The third-order valence-electron chi connectivity index (χ3n) is 7.65. The monoisotopic (exact) mass is 754 g/mol. The van der Waals surface area contributed by atoms with Gasteiger partial charge in [-0.05, 0) is 67.3 Å². The molecule has 52 heavy (non-hydrogen) atoms. The topological polar surface area (TPSA) is 71.1 Å². The van der Waals surface area contributed by atoms with Crippen molar-refractivity contribution in [2.45, 2.75) is 82.4 Å². The van der Waals surface area contributed by atoms with Gasteiger partial charge in [0.1, 0.15) is 23.9 Å². The largest absolute Gasteiger partial charge is 0.493 e. The van der Waals surface area contributed by atoms with E-state index in [1.54, 1.807) is 36.4 Å². The molecule has 0 radical (unpaired) electrons. The zero-order valence-corrected chi connectivity index (χ0v) is 28.0. The summed E-state index contributed by atoms with van der Waals surface area (Å²) < 4.78 is 151. The normalized spacial score (nSPS) is 13.1. The molecule has 0 aromatic heterocycles. The molecule has 0 saturated carbocycles. The fourth-order valence-corrected chi connectivity index (χ4v) is 4.65. The van der Waals surface area contributed by atoms with E-state index in [4.69, 9.17) is 14.2 Å². The highest BCUT2D eigenvalue weighted by Gasteiger charge is 2.81. The van der Waals surface area contributed by atoms with Gasteiger partial charge in [0.15, 0.2) is 0 Å². The van der Waals surface area contributed by atoms with E-state index < -0.39 is 67.1 Å². The number of alkyl halides is 9. The fourth-order valence-electron chi connectivity index (χ4n) is 4.65. The molecule has 0 aliphatic heterocycles. The number of hydrogen-bond acceptors (Lipinski definition) is 6. The lowest BCUT2D eigenvalue weighted by Crippen LogP contribution is -2.62. The molecule has 1 atom stereocenters. The van der Waals surface area contributed by atoms with Gasteiger partial charge in [0.2, 0.25) is 0 Å². The van der Waals surface area contributed by atoms with Crippen molar-refractivity contribution in [3.63, 3.8) is 0 Å². The quantitative estimate of drug-likeness (QED) is 0.0525. The summed E-state index contributed by atoms with van der Waals surface area (Å²) in [6.45, 7) is 0.329. The highest BCUT2D eigenvalue weighted by Crippen LogP contribution is 2.53. The molecule has 0 fully saturated rings. The average molecular weight is 755 g/mol. The number of rotatable bonds is 19. The van der Waals surface area contributed by atoms with Crippen LogP contribution >= 0.6 is 0 Å². The molecule has 6 nitrogen and oxygen atoms in total. The molecule has 0 heterocycles. The molecule has 0 amide bonds. The molecule has 3 aromatic rings. The van der Waals surface area contributed by atoms with Crippen molar-refractivity contribution in [2.75, 3.05) is 19.8 Å². The number of halogens is 10. The minimum Gasteiger partial charge on any atom is -0.493 e. The average Bonchev–Trinajstić information content (AvgIpc) is 3.08. The number of carbonyl (C=O) groups excluding carboxylic acids is 2. The highest BCUT2D eigenvalue weighted by molar-refractivity contribution is 5.92. The van der Waals surface area contributed by atoms with Gasteiger partial charge in [-0.25, -0.2) is 14.0 Å². The zero-order valence-electron chi connectivity index (χ0n) is 28.0. The van der Waals surface area contributed by atoms with Crippen LogP contribution in [0, 0.1) is 5.82 Å². The number of ether oxygens (including phenoxy) is 4. The van der Waals surface area contributed by atoms with Crippen LogP contribution in [0.4, 0.5) is 43.9 Å². The van der Waals surface area contributed by atoms with E-state index in [9.17, 15) is 53.5 Å². The number of unbranched alkanes of at least 4 members (excludes halogenated alkanes) is 3. The lowest BCUT2D eigenvalue weighted by molar-refractivity contribution is -0.399. The van der Waals surface area contributed by atoms with Crippen LogP contribution in [0.15, 0.2) is 66.7 Å². The van der Waals surface area contributed by atoms with Crippen molar-refractivity contribution in [1.82, 2.24) is 0 Å². The van der Waals surface area contributed by atoms with Crippen molar-refractivity contribution in [3.05, 3.63) is 83.7 Å². The number of carbonyl (C=O) groups is 2. The van der Waals surface area contributed by atoms with Gasteiger partial charge in [0.25, 0.3) is 0 Å². The van der Waals surface area contributed by atoms with Gasteiger partial charge in [-0.3, -0.25) is 0 Å². The molecule has 16 heteroatoms. The molecule has 3 aromatic carbocycles. The van der Waals surface area contributed by atoms with Crippen LogP contribution in [0.25, 0.3) is 11.1 Å². The van der Waals surface area contributed by atoms with Crippen molar-refractivity contribution in [2.24, 2.45) is 0 Å². The Morgan fingerprint density at radius 3 is 1.87 bits per heavy atom. The standard InChI is InChI=1S/C36H36F10O6/c1-3-4-5-6-8-23(2)51-31(47)26-11-9-24(10-12-26)25-13-15-27(16-14-25)52-32(48)29-18-17-28(21-30(29)37)50-20-7-19-49-22-33(38,39)34(40,41)35(42,43)36(44,45)46/h9-18,21,23H,3-8,19-20,22H2,1-2H3. The Balaban J connectivity index is 1.46. The molecular weight excluding hydrogens is 718 g/mol. The Hall–Kier alpha value is -4.34. The lowest BCUT2D eigenvalue weighted by atomic mass is 10.0. The summed E-state index contributed by atoms with van der Waals surface area (Å²) in [4.78, 5) is 25.1. The molecule has 286 valence electrons. The van der Waals surface area contributed by atoms with Crippen molar-refractivity contribution >= 4 is 11.9 Å². The molecule has 0 aliphatic rings. The van der Waals surface area contributed by atoms with Gasteiger partial charge in [-0.2, -0.15) is 39.5 Å². The third kappa shape index (κ3) is 10.8. The lowest BCUT2D eigenvalue weighted by Gasteiger charge is -2.33. The predicted molar refractivity (Wildman–Crippen MR) is 169 cm³/mol. The third-order valence-corrected chi connectivity index (χ3v) is 7.65. The van der Waals surface area contributed by atoms with Crippen molar-refractivity contribution in [3.8, 4) is 22.6 Å². The minimum absolute atomic E-state index is 0.0899. The van der Waals surface area contributed by atoms with Gasteiger partial charge in [0.05, 0.1) is 30.4 Å². The molecule has 0 bridgehead atoms. The van der Waals surface area contributed by atoms with Gasteiger partial charge in [0, 0.05) is 12.5 Å². The van der Waals surface area contributed by atoms with Gasteiger partial charge >= 0.3 is 35.9 Å². The van der Waals surface area contributed by atoms with E-state index in [0.717, 1.165) is 61.4 Å². The van der Waals surface area contributed by atoms with Gasteiger partial charge < -0.3 is 18.9 Å². The summed E-state index contributed by atoms with van der Waals surface area (Å²) in [5.41, 5.74) is 1.42. The SMILES string of the molecule is CCCCCCC(C)OC(=O)c1ccc(-c2ccc(OC(=O)c3ccc(OCCCOCC(F)(F)C(F)(F)C(F)(F)C(F)(F)F)cc3F)cc2)cc1. The second kappa shape index (κ2) is 17.9. The predicted octanol–water partition coefficient (Wildman–Crippen LogP) is 10.5. The van der Waals surface area contributed by atoms with Crippen LogP contribution in [0.1, 0.15) is 73.1 Å². The highest BCUT2D eigenvalue weighted by atomic mass is 19.4. The smallest absolute Gasteiger partial charge is 0.460 e. The van der Waals surface area contributed by atoms with Crippen LogP contribution in [0.2, 0.25) is 0 Å². The van der Waals surface area contributed by atoms with E-state index in [1.165, 1.54) is 12.1 Å². The summed E-state index contributed by atoms with van der Waals surface area (Å²) in [6, 6.07) is 16.0. The summed E-state index contributed by atoms with van der Waals surface area (Å²) >= 11 is 0. The number of benzene rings is 3. The Kier molecular flexibility index (Phi) is 14.5. The maximum absolute atomic E-state index is 14.7. The summed E-state index contributed by atoms with van der Waals surface area (Å²) in [5, 5.41) is 0. The number of esters is 2. The second-order valence-corrected chi connectivity index (χ2v) is 11.8. The Morgan fingerprint density at radius 1 is 0.692 bits per heavy atom. The van der Waals surface area contributed by atoms with Crippen LogP contribution < -0.4 is 9.47 Å². The molecule has 0 aliphatic carbocycles. The van der Waals surface area contributed by atoms with Crippen LogP contribution in [0.3, 0.4) is 0 Å². The molecule has 3 rings (SSSR count). The van der Waals surface area contributed by atoms with E-state index in [2.05, 4.69) is 11.7 Å². The summed E-state index contributed by atoms with van der Waals surface area (Å²) in [5.74, 6) is -22.3. The zero-order chi connectivity index (χ0) is 38.7. The van der Waals surface area contributed by atoms with Crippen LogP contribution in [0.5, 0.6) is 11.5 Å². The first-order valence-electron chi connectivity index (χ1n) is 16.1. The molecule has 0 saturated heterocycles. The maximum Gasteiger partial charge on any atom is 0.460 e. The Bertz CT molecular complexity index is 1610. The molecule has 0 N–H and O–H groups in total. The molecule has 1 unspecified atom stereocenters. The Labute approximate surface area is 293 Å². The van der Waals surface area contributed by atoms with Crippen molar-refractivity contribution in [1.29, 1.82) is 0 Å². The van der Waals surface area contributed by atoms with E-state index in [1.807, 2.05) is 6.92 Å². The fraction of sp³-hybridized carbons (Fsp3) is 0.444. The summed E-state index contributed by atoms with van der Waals surface area (Å²) in [6.07, 6.45) is -2.35. The van der Waals surface area contributed by atoms with Crippen LogP contribution in [-0.2, 0) is 9.47 Å². The second-order valence-electron chi connectivity index (χ2n) is 11.8. The maximum atomic E-state index is 14.7. The van der Waals surface area contributed by atoms with E-state index >= 15 is 0 Å². The summed E-state index contributed by atoms with van der Waals surface area (Å²) in [7, 11) is 0. The van der Waals surface area contributed by atoms with Crippen LogP contribution in [-0.4, -0.2) is 61.8 Å². The number of hydrogen-bond donors (Lipinski definition) is 0. The van der Waals surface area contributed by atoms with E-state index in [0.29, 0.717) is 5.56 Å². The Morgan fingerprint density at radius 2 is 1.29 bits per heavy atom. The van der Waals surface area contributed by atoms with Gasteiger partial charge in [-0.15, -0.1) is 0 Å². The van der Waals surface area contributed by atoms with Gasteiger partial charge in [-0.1, -0.05) is 50.5 Å². The minimum atomic E-state index is -7.01. The first-order chi connectivity index (χ1) is 24.3. The van der Waals surface area contributed by atoms with Crippen molar-refractivity contribution < 1.29 is 72.4 Å².